The maximum absolute atomic E-state index is 13.4. The summed E-state index contributed by atoms with van der Waals surface area (Å²) in [7, 11) is 0. The van der Waals surface area contributed by atoms with Gasteiger partial charge in [-0.05, 0) is 37.1 Å². The van der Waals surface area contributed by atoms with Crippen LogP contribution in [0.25, 0.3) is 5.65 Å². The first-order valence-corrected chi connectivity index (χ1v) is 11.2. The van der Waals surface area contributed by atoms with Gasteiger partial charge in [0.1, 0.15) is 5.65 Å². The van der Waals surface area contributed by atoms with Gasteiger partial charge in [-0.15, -0.1) is 0 Å². The molecule has 0 saturated carbocycles. The SMILES string of the molecule is O=C(c1nc2ccc(Cl)cn2c1CNCCc1ccccn1)N1CCCCCCC1. The molecule has 0 unspecified atom stereocenters. The van der Waals surface area contributed by atoms with E-state index in [1.807, 2.05) is 52.0 Å². The molecule has 0 atom stereocenters. The summed E-state index contributed by atoms with van der Waals surface area (Å²) in [5.74, 6) is 0.0262. The summed E-state index contributed by atoms with van der Waals surface area (Å²) < 4.78 is 1.94. The summed E-state index contributed by atoms with van der Waals surface area (Å²) in [6, 6.07) is 9.61. The lowest BCUT2D eigenvalue weighted by Crippen LogP contribution is -2.35. The van der Waals surface area contributed by atoms with E-state index in [9.17, 15) is 4.79 Å². The van der Waals surface area contributed by atoms with E-state index in [4.69, 9.17) is 11.6 Å². The highest BCUT2D eigenvalue weighted by molar-refractivity contribution is 6.30. The number of hydrogen-bond donors (Lipinski definition) is 1. The molecule has 1 aliphatic heterocycles. The Morgan fingerprint density at radius 3 is 2.63 bits per heavy atom. The Morgan fingerprint density at radius 1 is 1.07 bits per heavy atom. The molecule has 4 heterocycles. The third-order valence-electron chi connectivity index (χ3n) is 5.60. The number of carbonyl (C=O) groups excluding carboxylic acids is 1. The van der Waals surface area contributed by atoms with Crippen molar-refractivity contribution >= 4 is 23.2 Å². The topological polar surface area (TPSA) is 62.5 Å². The Morgan fingerprint density at radius 2 is 1.87 bits per heavy atom. The van der Waals surface area contributed by atoms with Gasteiger partial charge < -0.3 is 14.6 Å². The highest BCUT2D eigenvalue weighted by Gasteiger charge is 2.24. The van der Waals surface area contributed by atoms with Crippen LogP contribution in [0.3, 0.4) is 0 Å². The van der Waals surface area contributed by atoms with Gasteiger partial charge in [0.2, 0.25) is 0 Å². The number of likely N-dealkylation sites (tertiary alicyclic amines) is 1. The van der Waals surface area contributed by atoms with Gasteiger partial charge in [0.15, 0.2) is 5.69 Å². The van der Waals surface area contributed by atoms with Gasteiger partial charge in [-0.3, -0.25) is 9.78 Å². The lowest BCUT2D eigenvalue weighted by atomic mass is 10.1. The highest BCUT2D eigenvalue weighted by Crippen LogP contribution is 2.20. The number of rotatable bonds is 6. The highest BCUT2D eigenvalue weighted by atomic mass is 35.5. The minimum atomic E-state index is 0.0262. The Bertz CT molecular complexity index is 980. The molecule has 1 fully saturated rings. The molecule has 30 heavy (non-hydrogen) atoms. The van der Waals surface area contributed by atoms with E-state index >= 15 is 0 Å². The fraction of sp³-hybridized carbons (Fsp3) is 0.435. The second-order valence-corrected chi connectivity index (χ2v) is 8.23. The average Bonchev–Trinajstić information content (AvgIpc) is 3.09. The minimum absolute atomic E-state index is 0.0262. The van der Waals surface area contributed by atoms with Crippen LogP contribution in [-0.4, -0.2) is 44.8 Å². The van der Waals surface area contributed by atoms with Crippen LogP contribution in [-0.2, 0) is 13.0 Å². The predicted octanol–water partition coefficient (Wildman–Crippen LogP) is 4.12. The predicted molar refractivity (Wildman–Crippen MR) is 119 cm³/mol. The number of pyridine rings is 2. The van der Waals surface area contributed by atoms with Crippen molar-refractivity contribution in [1.82, 2.24) is 24.6 Å². The molecule has 7 heteroatoms. The molecule has 158 valence electrons. The molecule has 0 aliphatic carbocycles. The number of halogens is 1. The smallest absolute Gasteiger partial charge is 0.274 e. The van der Waals surface area contributed by atoms with E-state index in [2.05, 4.69) is 15.3 Å². The van der Waals surface area contributed by atoms with Crippen molar-refractivity contribution in [2.24, 2.45) is 0 Å². The van der Waals surface area contributed by atoms with Crippen LogP contribution in [0.15, 0.2) is 42.7 Å². The van der Waals surface area contributed by atoms with Gasteiger partial charge >= 0.3 is 0 Å². The molecule has 1 aliphatic rings. The lowest BCUT2D eigenvalue weighted by Gasteiger charge is -2.24. The van der Waals surface area contributed by atoms with Gasteiger partial charge in [-0.1, -0.05) is 36.9 Å². The van der Waals surface area contributed by atoms with Crippen LogP contribution in [0.4, 0.5) is 0 Å². The summed E-state index contributed by atoms with van der Waals surface area (Å²) in [6.07, 6.45) is 10.2. The van der Waals surface area contributed by atoms with Crippen LogP contribution < -0.4 is 5.32 Å². The number of hydrogen-bond acceptors (Lipinski definition) is 4. The van der Waals surface area contributed by atoms with Crippen molar-refractivity contribution in [1.29, 1.82) is 0 Å². The first-order chi connectivity index (χ1) is 14.7. The van der Waals surface area contributed by atoms with Crippen LogP contribution in [0.5, 0.6) is 0 Å². The molecule has 3 aromatic heterocycles. The Balaban J connectivity index is 1.53. The van der Waals surface area contributed by atoms with Crippen molar-refractivity contribution in [2.75, 3.05) is 19.6 Å². The zero-order valence-electron chi connectivity index (χ0n) is 17.2. The molecule has 4 rings (SSSR count). The Hall–Kier alpha value is -2.44. The standard InChI is InChI=1S/C23H28ClN5O/c24-18-9-10-21-27-22(23(30)28-14-6-2-1-3-7-15-28)20(29(21)17-18)16-25-13-11-19-8-4-5-12-26-19/h4-5,8-10,12,17,25H,1-3,6-7,11,13-16H2. The lowest BCUT2D eigenvalue weighted by molar-refractivity contribution is 0.0735. The van der Waals surface area contributed by atoms with Crippen molar-refractivity contribution in [3.8, 4) is 0 Å². The number of nitrogens with zero attached hydrogens (tertiary/aromatic N) is 4. The second-order valence-electron chi connectivity index (χ2n) is 7.79. The zero-order valence-corrected chi connectivity index (χ0v) is 17.9. The van der Waals surface area contributed by atoms with Crippen molar-refractivity contribution in [2.45, 2.75) is 45.1 Å². The molecule has 0 aromatic carbocycles. The first-order valence-electron chi connectivity index (χ1n) is 10.8. The average molecular weight is 426 g/mol. The summed E-state index contributed by atoms with van der Waals surface area (Å²) in [5, 5.41) is 4.08. The monoisotopic (exact) mass is 425 g/mol. The molecular weight excluding hydrogens is 398 g/mol. The van der Waals surface area contributed by atoms with Gasteiger partial charge in [0.05, 0.1) is 10.7 Å². The summed E-state index contributed by atoms with van der Waals surface area (Å²) in [4.78, 5) is 24.4. The minimum Gasteiger partial charge on any atom is -0.337 e. The van der Waals surface area contributed by atoms with Crippen molar-refractivity contribution < 1.29 is 4.79 Å². The van der Waals surface area contributed by atoms with Crippen molar-refractivity contribution in [3.63, 3.8) is 0 Å². The van der Waals surface area contributed by atoms with Crippen molar-refractivity contribution in [3.05, 3.63) is 64.8 Å². The fourth-order valence-electron chi connectivity index (χ4n) is 3.98. The Kier molecular flexibility index (Phi) is 6.97. The van der Waals surface area contributed by atoms with Crippen LogP contribution >= 0.6 is 11.6 Å². The van der Waals surface area contributed by atoms with Gasteiger partial charge in [0, 0.05) is 50.7 Å². The van der Waals surface area contributed by atoms with Crippen LogP contribution in [0.2, 0.25) is 5.02 Å². The van der Waals surface area contributed by atoms with E-state index in [0.29, 0.717) is 17.3 Å². The number of amides is 1. The molecule has 3 aromatic rings. The molecule has 0 radical (unpaired) electrons. The van der Waals surface area contributed by atoms with E-state index in [-0.39, 0.29) is 5.91 Å². The number of carbonyl (C=O) groups is 1. The van der Waals surface area contributed by atoms with Crippen LogP contribution in [0.1, 0.15) is 54.0 Å². The van der Waals surface area contributed by atoms with E-state index < -0.39 is 0 Å². The number of imidazole rings is 1. The van der Waals surface area contributed by atoms with Gasteiger partial charge in [-0.25, -0.2) is 4.98 Å². The van der Waals surface area contributed by atoms with Crippen LogP contribution in [0, 0.1) is 0 Å². The second kappa shape index (κ2) is 10.0. The first kappa shape index (κ1) is 20.8. The molecule has 0 spiro atoms. The normalized spacial score (nSPS) is 15.2. The number of nitrogens with one attached hydrogen (secondary N) is 1. The molecule has 1 saturated heterocycles. The summed E-state index contributed by atoms with van der Waals surface area (Å²) >= 11 is 6.24. The quantitative estimate of drug-likeness (QED) is 0.603. The molecular formula is C23H28ClN5O. The Labute approximate surface area is 182 Å². The molecule has 1 amide bonds. The maximum Gasteiger partial charge on any atom is 0.274 e. The van der Waals surface area contributed by atoms with E-state index in [0.717, 1.165) is 55.9 Å². The summed E-state index contributed by atoms with van der Waals surface area (Å²) in [6.45, 7) is 2.92. The molecule has 0 bridgehead atoms. The number of fused-ring (bicyclic) bond motifs is 1. The zero-order chi connectivity index (χ0) is 20.8. The van der Waals surface area contributed by atoms with E-state index in [1.165, 1.54) is 19.3 Å². The number of aromatic nitrogens is 3. The molecule has 6 nitrogen and oxygen atoms in total. The fourth-order valence-corrected chi connectivity index (χ4v) is 4.14. The van der Waals surface area contributed by atoms with Gasteiger partial charge in [-0.2, -0.15) is 0 Å². The molecule has 1 N–H and O–H groups in total. The third kappa shape index (κ3) is 4.99. The summed E-state index contributed by atoms with van der Waals surface area (Å²) in [5.41, 5.74) is 3.18. The third-order valence-corrected chi connectivity index (χ3v) is 5.83. The van der Waals surface area contributed by atoms with Gasteiger partial charge in [0.25, 0.3) is 5.91 Å². The van der Waals surface area contributed by atoms with E-state index in [1.54, 1.807) is 0 Å². The largest absolute Gasteiger partial charge is 0.337 e. The maximum atomic E-state index is 13.4.